The third-order valence-corrected chi connectivity index (χ3v) is 3.54. The molecule has 4 heteroatoms. The van der Waals surface area contributed by atoms with Crippen LogP contribution >= 0.6 is 0 Å². The predicted molar refractivity (Wildman–Crippen MR) is 91.0 cm³/mol. The van der Waals surface area contributed by atoms with E-state index in [1.807, 2.05) is 37.3 Å². The van der Waals surface area contributed by atoms with E-state index in [1.54, 1.807) is 6.20 Å². The van der Waals surface area contributed by atoms with Gasteiger partial charge in [0.2, 0.25) is 0 Å². The largest absolute Gasteiger partial charge is 0.259 e. The summed E-state index contributed by atoms with van der Waals surface area (Å²) in [7, 11) is 0. The van der Waals surface area contributed by atoms with Gasteiger partial charge in [-0.1, -0.05) is 54.6 Å². The molecule has 0 aliphatic heterocycles. The normalized spacial score (nSPS) is 11.6. The number of nitrogens with zero attached hydrogens (tertiary/aromatic N) is 3. The second kappa shape index (κ2) is 6.80. The molecule has 0 atom stereocenters. The number of rotatable bonds is 5. The van der Waals surface area contributed by atoms with Crippen molar-refractivity contribution in [3.63, 3.8) is 0 Å². The first-order valence-corrected chi connectivity index (χ1v) is 7.36. The molecule has 3 rings (SSSR count). The van der Waals surface area contributed by atoms with Crippen LogP contribution in [0.15, 0.2) is 65.9 Å². The van der Waals surface area contributed by atoms with Crippen LogP contribution in [0.5, 0.6) is 0 Å². The van der Waals surface area contributed by atoms with E-state index in [1.165, 1.54) is 5.56 Å². The summed E-state index contributed by atoms with van der Waals surface area (Å²) < 4.78 is 0. The summed E-state index contributed by atoms with van der Waals surface area (Å²) >= 11 is 0. The molecule has 22 heavy (non-hydrogen) atoms. The van der Waals surface area contributed by atoms with Crippen molar-refractivity contribution in [2.75, 3.05) is 5.43 Å². The highest BCUT2D eigenvalue weighted by atomic mass is 15.3. The average molecular weight is 290 g/mol. The highest BCUT2D eigenvalue weighted by Crippen LogP contribution is 2.19. The van der Waals surface area contributed by atoms with Crippen molar-refractivity contribution in [3.05, 3.63) is 66.4 Å². The maximum atomic E-state index is 4.42. The Balaban J connectivity index is 1.67. The number of benzene rings is 2. The fourth-order valence-corrected chi connectivity index (χ4v) is 2.28. The fraction of sp³-hybridized carbons (Fsp3) is 0.167. The van der Waals surface area contributed by atoms with Crippen molar-refractivity contribution in [1.82, 2.24) is 10.2 Å². The van der Waals surface area contributed by atoms with Gasteiger partial charge in [0.1, 0.15) is 0 Å². The molecule has 0 saturated heterocycles. The summed E-state index contributed by atoms with van der Waals surface area (Å²) in [4.78, 5) is 0. The van der Waals surface area contributed by atoms with Crippen LogP contribution in [0.3, 0.4) is 0 Å². The van der Waals surface area contributed by atoms with Crippen molar-refractivity contribution < 1.29 is 0 Å². The van der Waals surface area contributed by atoms with Crippen molar-refractivity contribution in [1.29, 1.82) is 0 Å². The number of aromatic nitrogens is 2. The highest BCUT2D eigenvalue weighted by Gasteiger charge is 2.02. The Bertz CT molecular complexity index is 776. The third-order valence-electron chi connectivity index (χ3n) is 3.54. The topological polar surface area (TPSA) is 50.2 Å². The fourth-order valence-electron chi connectivity index (χ4n) is 2.28. The number of aryl methyl sites for hydroxylation is 1. The second-order valence-electron chi connectivity index (χ2n) is 5.22. The van der Waals surface area contributed by atoms with Crippen molar-refractivity contribution >= 4 is 22.3 Å². The Morgan fingerprint density at radius 2 is 1.82 bits per heavy atom. The molecule has 0 aliphatic rings. The molecule has 1 heterocycles. The van der Waals surface area contributed by atoms with Crippen LogP contribution in [-0.4, -0.2) is 15.9 Å². The standard InChI is InChI=1S/C18H18N4/c1-14(11-12-15-7-3-2-4-8-15)20-22-18-17-10-6-5-9-16(17)13-19-21-18/h2-10,13H,11-12H2,1H3,(H,21,22). The lowest BCUT2D eigenvalue weighted by molar-refractivity contribution is 1.01. The lowest BCUT2D eigenvalue weighted by Gasteiger charge is -2.05. The quantitative estimate of drug-likeness (QED) is 0.569. The van der Waals surface area contributed by atoms with Gasteiger partial charge in [0.15, 0.2) is 5.82 Å². The van der Waals surface area contributed by atoms with Gasteiger partial charge in [-0.05, 0) is 25.3 Å². The molecule has 0 aliphatic carbocycles. The SMILES string of the molecule is CC(CCc1ccccc1)=NNc1nncc2ccccc12. The zero-order chi connectivity index (χ0) is 15.2. The van der Waals surface area contributed by atoms with E-state index >= 15 is 0 Å². The Morgan fingerprint density at radius 1 is 1.05 bits per heavy atom. The van der Waals surface area contributed by atoms with Gasteiger partial charge in [0.05, 0.1) is 6.20 Å². The third kappa shape index (κ3) is 3.47. The Kier molecular flexibility index (Phi) is 4.39. The number of hydrogen-bond acceptors (Lipinski definition) is 4. The molecule has 0 saturated carbocycles. The van der Waals surface area contributed by atoms with Gasteiger partial charge in [-0.15, -0.1) is 5.10 Å². The van der Waals surface area contributed by atoms with Crippen LogP contribution in [0.4, 0.5) is 5.82 Å². The van der Waals surface area contributed by atoms with Gasteiger partial charge in [0, 0.05) is 16.5 Å². The zero-order valence-electron chi connectivity index (χ0n) is 12.5. The summed E-state index contributed by atoms with van der Waals surface area (Å²) in [5.41, 5.74) is 5.40. The van der Waals surface area contributed by atoms with Gasteiger partial charge in [-0.25, -0.2) is 0 Å². The number of anilines is 1. The molecule has 0 amide bonds. The van der Waals surface area contributed by atoms with E-state index < -0.39 is 0 Å². The van der Waals surface area contributed by atoms with E-state index in [-0.39, 0.29) is 0 Å². The maximum absolute atomic E-state index is 4.42. The Hall–Kier alpha value is -2.75. The first-order valence-electron chi connectivity index (χ1n) is 7.36. The molecule has 0 unspecified atom stereocenters. The molecule has 2 aromatic carbocycles. The second-order valence-corrected chi connectivity index (χ2v) is 5.22. The molecule has 1 N–H and O–H groups in total. The van der Waals surface area contributed by atoms with E-state index in [0.717, 1.165) is 29.3 Å². The Morgan fingerprint density at radius 3 is 2.68 bits per heavy atom. The van der Waals surface area contributed by atoms with Crippen LogP contribution in [0.2, 0.25) is 0 Å². The van der Waals surface area contributed by atoms with Gasteiger partial charge < -0.3 is 0 Å². The molecular formula is C18H18N4. The molecule has 0 bridgehead atoms. The molecule has 1 aromatic heterocycles. The van der Waals surface area contributed by atoms with E-state index in [0.29, 0.717) is 5.82 Å². The zero-order valence-corrected chi connectivity index (χ0v) is 12.5. The molecule has 3 aromatic rings. The minimum Gasteiger partial charge on any atom is -0.259 e. The first-order chi connectivity index (χ1) is 10.8. The lowest BCUT2D eigenvalue weighted by Crippen LogP contribution is -2.02. The maximum Gasteiger partial charge on any atom is 0.176 e. The highest BCUT2D eigenvalue weighted by molar-refractivity contribution is 5.91. The van der Waals surface area contributed by atoms with E-state index in [9.17, 15) is 0 Å². The number of fused-ring (bicyclic) bond motifs is 1. The molecule has 0 spiro atoms. The van der Waals surface area contributed by atoms with Gasteiger partial charge >= 0.3 is 0 Å². The summed E-state index contributed by atoms with van der Waals surface area (Å²) in [6, 6.07) is 18.4. The van der Waals surface area contributed by atoms with E-state index in [2.05, 4.69) is 45.0 Å². The summed E-state index contributed by atoms with van der Waals surface area (Å²) in [6.07, 6.45) is 3.65. The van der Waals surface area contributed by atoms with Crippen LogP contribution in [-0.2, 0) is 6.42 Å². The van der Waals surface area contributed by atoms with Crippen LogP contribution in [0.25, 0.3) is 10.8 Å². The predicted octanol–water partition coefficient (Wildman–Crippen LogP) is 4.05. The monoisotopic (exact) mass is 290 g/mol. The molecule has 0 radical (unpaired) electrons. The number of hydrazone groups is 1. The smallest absolute Gasteiger partial charge is 0.176 e. The lowest BCUT2D eigenvalue weighted by atomic mass is 10.1. The molecular weight excluding hydrogens is 272 g/mol. The van der Waals surface area contributed by atoms with Gasteiger partial charge in [0.25, 0.3) is 0 Å². The molecule has 110 valence electrons. The van der Waals surface area contributed by atoms with Gasteiger partial charge in [-0.2, -0.15) is 10.2 Å². The van der Waals surface area contributed by atoms with E-state index in [4.69, 9.17) is 0 Å². The van der Waals surface area contributed by atoms with Crippen molar-refractivity contribution in [2.24, 2.45) is 5.10 Å². The summed E-state index contributed by atoms with van der Waals surface area (Å²) in [5, 5.41) is 14.6. The number of nitrogens with one attached hydrogen (secondary N) is 1. The van der Waals surface area contributed by atoms with Crippen molar-refractivity contribution in [2.45, 2.75) is 19.8 Å². The minimum absolute atomic E-state index is 0.692. The molecule has 4 nitrogen and oxygen atoms in total. The van der Waals surface area contributed by atoms with Crippen molar-refractivity contribution in [3.8, 4) is 0 Å². The number of hydrogen-bond donors (Lipinski definition) is 1. The summed E-state index contributed by atoms with van der Waals surface area (Å²) in [6.45, 7) is 2.02. The van der Waals surface area contributed by atoms with Gasteiger partial charge in [-0.3, -0.25) is 5.43 Å². The van der Waals surface area contributed by atoms with Crippen LogP contribution in [0.1, 0.15) is 18.9 Å². The first kappa shape index (κ1) is 14.2. The Labute approximate surface area is 129 Å². The summed E-state index contributed by atoms with van der Waals surface area (Å²) in [5.74, 6) is 0.692. The average Bonchev–Trinajstić information content (AvgIpc) is 2.59. The van der Waals surface area contributed by atoms with Crippen LogP contribution < -0.4 is 5.43 Å². The minimum atomic E-state index is 0.692. The van der Waals surface area contributed by atoms with Crippen LogP contribution in [0, 0.1) is 0 Å². The molecule has 0 fully saturated rings.